The lowest BCUT2D eigenvalue weighted by Gasteiger charge is -2.06. The number of hydrogen-bond acceptors (Lipinski definition) is 6. The van der Waals surface area contributed by atoms with Gasteiger partial charge in [-0.2, -0.15) is 0 Å². The van der Waals surface area contributed by atoms with E-state index in [0.717, 1.165) is 0 Å². The summed E-state index contributed by atoms with van der Waals surface area (Å²) in [4.78, 5) is 18.9. The molecule has 100 valence electrons. The van der Waals surface area contributed by atoms with Crippen molar-refractivity contribution < 1.29 is 9.34 Å². The summed E-state index contributed by atoms with van der Waals surface area (Å²) >= 11 is 3.28. The second-order valence-electron chi connectivity index (χ2n) is 3.71. The van der Waals surface area contributed by atoms with Crippen molar-refractivity contribution in [1.29, 1.82) is 0 Å². The van der Waals surface area contributed by atoms with E-state index in [-0.39, 0.29) is 17.1 Å². The second kappa shape index (κ2) is 5.35. The minimum absolute atomic E-state index is 0.155. The van der Waals surface area contributed by atoms with Crippen molar-refractivity contribution in [3.63, 3.8) is 0 Å². The molecule has 8 heteroatoms. The molecule has 0 aliphatic carbocycles. The summed E-state index contributed by atoms with van der Waals surface area (Å²) in [6.07, 6.45) is 1.44. The predicted molar refractivity (Wildman–Crippen MR) is 73.0 cm³/mol. The molecular formula is C11H11BrN4O3. The average molecular weight is 327 g/mol. The van der Waals surface area contributed by atoms with Gasteiger partial charge in [0.05, 0.1) is 15.7 Å². The average Bonchev–Trinajstić information content (AvgIpc) is 2.74. The Labute approximate surface area is 117 Å². The van der Waals surface area contributed by atoms with Crippen LogP contribution in [0, 0.1) is 17.0 Å². The van der Waals surface area contributed by atoms with Crippen LogP contribution in [0.5, 0.6) is 0 Å². The van der Waals surface area contributed by atoms with Crippen LogP contribution in [0.15, 0.2) is 21.2 Å². The number of aryl methyl sites for hydroxylation is 1. The second-order valence-corrected chi connectivity index (χ2v) is 4.57. The zero-order chi connectivity index (χ0) is 14.0. The third-order valence-corrected chi connectivity index (χ3v) is 3.03. The molecule has 1 N–H and O–H groups in total. The van der Waals surface area contributed by atoms with Crippen LogP contribution in [0.4, 0.5) is 11.6 Å². The van der Waals surface area contributed by atoms with Crippen LogP contribution >= 0.6 is 15.9 Å². The summed E-state index contributed by atoms with van der Waals surface area (Å²) in [6, 6.07) is 1.66. The zero-order valence-electron chi connectivity index (χ0n) is 10.3. The molecule has 2 aromatic heterocycles. The Morgan fingerprint density at radius 3 is 2.79 bits per heavy atom. The van der Waals surface area contributed by atoms with Gasteiger partial charge in [-0.3, -0.25) is 10.1 Å². The molecule has 2 aromatic rings. The van der Waals surface area contributed by atoms with Gasteiger partial charge in [-0.05, 0) is 35.8 Å². The van der Waals surface area contributed by atoms with Crippen molar-refractivity contribution >= 4 is 27.6 Å². The highest BCUT2D eigenvalue weighted by Gasteiger charge is 2.26. The molecule has 0 bridgehead atoms. The maximum Gasteiger partial charge on any atom is 0.319 e. The van der Waals surface area contributed by atoms with Crippen LogP contribution in [-0.4, -0.2) is 21.4 Å². The van der Waals surface area contributed by atoms with E-state index in [0.29, 0.717) is 22.7 Å². The van der Waals surface area contributed by atoms with Gasteiger partial charge in [0.15, 0.2) is 11.5 Å². The highest BCUT2D eigenvalue weighted by atomic mass is 79.9. The Morgan fingerprint density at radius 2 is 2.26 bits per heavy atom. The molecule has 0 saturated heterocycles. The van der Waals surface area contributed by atoms with Gasteiger partial charge in [0.25, 0.3) is 0 Å². The van der Waals surface area contributed by atoms with Gasteiger partial charge in [-0.25, -0.2) is 9.97 Å². The number of hydrogen-bond donors (Lipinski definition) is 1. The monoisotopic (exact) mass is 326 g/mol. The van der Waals surface area contributed by atoms with Gasteiger partial charge in [0, 0.05) is 6.54 Å². The highest BCUT2D eigenvalue weighted by molar-refractivity contribution is 9.10. The molecule has 2 rings (SSSR count). The minimum atomic E-state index is -0.505. The fourth-order valence-corrected chi connectivity index (χ4v) is 2.03. The van der Waals surface area contributed by atoms with Gasteiger partial charge < -0.3 is 9.73 Å². The standard InChI is InChI=1S/C11H11BrN4O3/c1-3-13-11-14-6(2)9(16(17)18)8(15-11)10-7(12)4-5-19-10/h4-5H,3H2,1-2H3,(H,13,14,15). The van der Waals surface area contributed by atoms with E-state index in [1.54, 1.807) is 13.0 Å². The van der Waals surface area contributed by atoms with Crippen molar-refractivity contribution in [3.05, 3.63) is 32.6 Å². The fraction of sp³-hybridized carbons (Fsp3) is 0.273. The Balaban J connectivity index is 2.68. The molecule has 0 fully saturated rings. The summed E-state index contributed by atoms with van der Waals surface area (Å²) in [7, 11) is 0. The van der Waals surface area contributed by atoms with E-state index in [2.05, 4.69) is 31.2 Å². The lowest BCUT2D eigenvalue weighted by Crippen LogP contribution is -2.07. The summed E-state index contributed by atoms with van der Waals surface area (Å²) in [5, 5.41) is 14.1. The molecule has 0 saturated carbocycles. The first-order valence-electron chi connectivity index (χ1n) is 5.54. The van der Waals surface area contributed by atoms with Crippen molar-refractivity contribution in [3.8, 4) is 11.5 Å². The van der Waals surface area contributed by atoms with Crippen LogP contribution in [-0.2, 0) is 0 Å². The largest absolute Gasteiger partial charge is 0.461 e. The SMILES string of the molecule is CCNc1nc(C)c([N+](=O)[O-])c(-c2occc2Br)n1. The van der Waals surface area contributed by atoms with Crippen LogP contribution in [0.25, 0.3) is 11.5 Å². The third kappa shape index (κ3) is 2.58. The molecule has 0 spiro atoms. The first-order valence-corrected chi connectivity index (χ1v) is 6.34. The summed E-state index contributed by atoms with van der Waals surface area (Å²) in [5.74, 6) is 0.653. The number of nitro groups is 1. The first kappa shape index (κ1) is 13.5. The molecule has 0 aliphatic rings. The van der Waals surface area contributed by atoms with Crippen LogP contribution < -0.4 is 5.32 Å². The number of furan rings is 1. The number of halogens is 1. The zero-order valence-corrected chi connectivity index (χ0v) is 11.9. The minimum Gasteiger partial charge on any atom is -0.461 e. The van der Waals surface area contributed by atoms with Gasteiger partial charge in [0.1, 0.15) is 5.69 Å². The number of nitrogens with zero attached hydrogens (tertiary/aromatic N) is 3. The van der Waals surface area contributed by atoms with Crippen LogP contribution in [0.1, 0.15) is 12.6 Å². The summed E-state index contributed by atoms with van der Waals surface area (Å²) in [5.41, 5.74) is 0.289. The van der Waals surface area contributed by atoms with Gasteiger partial charge in [-0.15, -0.1) is 0 Å². The quantitative estimate of drug-likeness (QED) is 0.685. The topological polar surface area (TPSA) is 94.1 Å². The van der Waals surface area contributed by atoms with Crippen molar-refractivity contribution in [1.82, 2.24) is 9.97 Å². The molecule has 0 aromatic carbocycles. The van der Waals surface area contributed by atoms with E-state index < -0.39 is 4.92 Å². The molecular weight excluding hydrogens is 316 g/mol. The molecule has 0 aliphatic heterocycles. The highest BCUT2D eigenvalue weighted by Crippen LogP contribution is 2.36. The Hall–Kier alpha value is -1.96. The molecule has 0 atom stereocenters. The van der Waals surface area contributed by atoms with Crippen molar-refractivity contribution in [2.45, 2.75) is 13.8 Å². The number of nitrogens with one attached hydrogen (secondary N) is 1. The van der Waals surface area contributed by atoms with E-state index in [4.69, 9.17) is 4.42 Å². The lowest BCUT2D eigenvalue weighted by atomic mass is 10.2. The van der Waals surface area contributed by atoms with E-state index in [9.17, 15) is 10.1 Å². The van der Waals surface area contributed by atoms with E-state index >= 15 is 0 Å². The lowest BCUT2D eigenvalue weighted by molar-refractivity contribution is -0.385. The van der Waals surface area contributed by atoms with Crippen LogP contribution in [0.3, 0.4) is 0 Å². The van der Waals surface area contributed by atoms with Crippen LogP contribution in [0.2, 0.25) is 0 Å². The molecule has 0 unspecified atom stereocenters. The smallest absolute Gasteiger partial charge is 0.319 e. The van der Waals surface area contributed by atoms with Gasteiger partial charge in [-0.1, -0.05) is 0 Å². The molecule has 0 radical (unpaired) electrons. The normalized spacial score (nSPS) is 10.5. The summed E-state index contributed by atoms with van der Waals surface area (Å²) in [6.45, 7) is 4.08. The number of aromatic nitrogens is 2. The molecule has 19 heavy (non-hydrogen) atoms. The van der Waals surface area contributed by atoms with Gasteiger partial charge >= 0.3 is 5.69 Å². The number of anilines is 1. The first-order chi connectivity index (χ1) is 9.04. The molecule has 7 nitrogen and oxygen atoms in total. The maximum absolute atomic E-state index is 11.2. The Morgan fingerprint density at radius 1 is 1.53 bits per heavy atom. The molecule has 2 heterocycles. The van der Waals surface area contributed by atoms with Gasteiger partial charge in [0.2, 0.25) is 5.95 Å². The predicted octanol–water partition coefficient (Wildman–Crippen LogP) is 3.15. The third-order valence-electron chi connectivity index (χ3n) is 2.41. The Bertz CT molecular complexity index is 626. The summed E-state index contributed by atoms with van der Waals surface area (Å²) < 4.78 is 5.87. The molecule has 0 amide bonds. The fourth-order valence-electron chi connectivity index (χ4n) is 1.64. The Kier molecular flexibility index (Phi) is 3.79. The van der Waals surface area contributed by atoms with Crippen molar-refractivity contribution in [2.75, 3.05) is 11.9 Å². The van der Waals surface area contributed by atoms with Crippen molar-refractivity contribution in [2.24, 2.45) is 0 Å². The number of rotatable bonds is 4. The van der Waals surface area contributed by atoms with E-state index in [1.165, 1.54) is 6.26 Å². The maximum atomic E-state index is 11.2. The van der Waals surface area contributed by atoms with E-state index in [1.807, 2.05) is 6.92 Å².